The van der Waals surface area contributed by atoms with Crippen LogP contribution in [-0.4, -0.2) is 27.0 Å². The van der Waals surface area contributed by atoms with Gasteiger partial charge in [-0.1, -0.05) is 42.5 Å². The van der Waals surface area contributed by atoms with E-state index in [-0.39, 0.29) is 17.8 Å². The van der Waals surface area contributed by atoms with Crippen molar-refractivity contribution in [3.05, 3.63) is 77.5 Å². The molecule has 0 saturated carbocycles. The average Bonchev–Trinajstić information content (AvgIpc) is 3.17. The molecule has 1 amide bonds. The Bertz CT molecular complexity index is 1080. The van der Waals surface area contributed by atoms with Gasteiger partial charge < -0.3 is 15.7 Å². The van der Waals surface area contributed by atoms with E-state index in [1.807, 2.05) is 0 Å². The second-order valence-corrected chi connectivity index (χ2v) is 7.51. The third kappa shape index (κ3) is 4.27. The van der Waals surface area contributed by atoms with Crippen LogP contribution in [0.5, 0.6) is 0 Å². The molecule has 3 atom stereocenters. The van der Waals surface area contributed by atoms with Crippen molar-refractivity contribution in [2.24, 2.45) is 0 Å². The molecule has 0 spiro atoms. The number of aromatic nitrogens is 2. The molecule has 1 aromatic heterocycles. The summed E-state index contributed by atoms with van der Waals surface area (Å²) in [6.07, 6.45) is -4.33. The monoisotopic (exact) mass is 430 g/mol. The van der Waals surface area contributed by atoms with Crippen molar-refractivity contribution in [1.82, 2.24) is 9.78 Å². The number of alkyl halides is 3. The summed E-state index contributed by atoms with van der Waals surface area (Å²) >= 11 is 0. The van der Waals surface area contributed by atoms with E-state index in [1.54, 1.807) is 61.5 Å². The molecule has 4 rings (SSSR count). The molecule has 31 heavy (non-hydrogen) atoms. The first-order valence-electron chi connectivity index (χ1n) is 9.79. The fraction of sp³-hybridized carbons (Fsp3) is 0.273. The van der Waals surface area contributed by atoms with Crippen LogP contribution < -0.4 is 10.6 Å². The third-order valence-corrected chi connectivity index (χ3v) is 5.31. The zero-order chi connectivity index (χ0) is 22.2. The number of fused-ring (bicyclic) bond motifs is 1. The number of nitrogens with one attached hydrogen (secondary N) is 2. The lowest BCUT2D eigenvalue weighted by molar-refractivity contribution is -0.173. The Morgan fingerprint density at radius 2 is 1.97 bits per heavy atom. The summed E-state index contributed by atoms with van der Waals surface area (Å²) in [4.78, 5) is 12.9. The Balaban J connectivity index is 1.67. The van der Waals surface area contributed by atoms with Crippen molar-refractivity contribution < 1.29 is 23.1 Å². The molecule has 0 unspecified atom stereocenters. The zero-order valence-corrected chi connectivity index (χ0v) is 16.6. The molecule has 0 fully saturated rings. The minimum absolute atomic E-state index is 0.0114. The lowest BCUT2D eigenvalue weighted by Gasteiger charge is -2.34. The SMILES string of the molecule is C[C@H](O)c1cccc(NC(=O)c2cnn3c2N[C@H](c2ccccc2)C[C@H]3C(F)(F)F)c1. The van der Waals surface area contributed by atoms with Crippen molar-refractivity contribution in [1.29, 1.82) is 0 Å². The van der Waals surface area contributed by atoms with Gasteiger partial charge in [0.2, 0.25) is 0 Å². The lowest BCUT2D eigenvalue weighted by Crippen LogP contribution is -2.36. The highest BCUT2D eigenvalue weighted by Gasteiger charge is 2.47. The highest BCUT2D eigenvalue weighted by Crippen LogP contribution is 2.44. The van der Waals surface area contributed by atoms with Crippen LogP contribution in [0.1, 0.15) is 53.0 Å². The van der Waals surface area contributed by atoms with Gasteiger partial charge in [0.05, 0.1) is 18.3 Å². The number of hydrogen-bond donors (Lipinski definition) is 3. The van der Waals surface area contributed by atoms with E-state index in [9.17, 15) is 23.1 Å². The Morgan fingerprint density at radius 1 is 1.23 bits per heavy atom. The fourth-order valence-electron chi connectivity index (χ4n) is 3.71. The number of amides is 1. The van der Waals surface area contributed by atoms with Gasteiger partial charge in [-0.3, -0.25) is 4.79 Å². The molecule has 6 nitrogen and oxygen atoms in total. The van der Waals surface area contributed by atoms with Gasteiger partial charge >= 0.3 is 6.18 Å². The van der Waals surface area contributed by atoms with Crippen molar-refractivity contribution in [3.63, 3.8) is 0 Å². The van der Waals surface area contributed by atoms with E-state index >= 15 is 0 Å². The van der Waals surface area contributed by atoms with E-state index in [2.05, 4.69) is 15.7 Å². The molecule has 0 saturated heterocycles. The van der Waals surface area contributed by atoms with E-state index in [1.165, 1.54) is 0 Å². The molecule has 2 aromatic carbocycles. The lowest BCUT2D eigenvalue weighted by atomic mass is 9.96. The van der Waals surface area contributed by atoms with Crippen LogP contribution in [0, 0.1) is 0 Å². The minimum atomic E-state index is -4.52. The second-order valence-electron chi connectivity index (χ2n) is 7.51. The van der Waals surface area contributed by atoms with E-state index in [0.717, 1.165) is 10.9 Å². The van der Waals surface area contributed by atoms with Gasteiger partial charge in [0.15, 0.2) is 6.04 Å². The van der Waals surface area contributed by atoms with Gasteiger partial charge in [-0.2, -0.15) is 18.3 Å². The highest BCUT2D eigenvalue weighted by atomic mass is 19.4. The molecular formula is C22H21F3N4O2. The number of aliphatic hydroxyl groups excluding tert-OH is 1. The van der Waals surface area contributed by atoms with Gasteiger partial charge in [0.1, 0.15) is 11.4 Å². The smallest absolute Gasteiger partial charge is 0.389 e. The molecule has 162 valence electrons. The van der Waals surface area contributed by atoms with Gasteiger partial charge in [-0.05, 0) is 30.2 Å². The van der Waals surface area contributed by atoms with Gasteiger partial charge in [-0.25, -0.2) is 4.68 Å². The topological polar surface area (TPSA) is 79.2 Å². The molecule has 1 aliphatic heterocycles. The second kappa shape index (κ2) is 8.07. The zero-order valence-electron chi connectivity index (χ0n) is 16.6. The number of aliphatic hydroxyl groups is 1. The van der Waals surface area contributed by atoms with Crippen molar-refractivity contribution in [2.45, 2.75) is 37.7 Å². The first-order valence-corrected chi connectivity index (χ1v) is 9.79. The van der Waals surface area contributed by atoms with Crippen LogP contribution in [-0.2, 0) is 0 Å². The molecular weight excluding hydrogens is 409 g/mol. The van der Waals surface area contributed by atoms with E-state index in [4.69, 9.17) is 0 Å². The van der Waals surface area contributed by atoms with Crippen LogP contribution in [0.25, 0.3) is 0 Å². The molecule has 0 bridgehead atoms. The van der Waals surface area contributed by atoms with Crippen molar-refractivity contribution in [2.75, 3.05) is 10.6 Å². The molecule has 0 aliphatic carbocycles. The number of nitrogens with zero attached hydrogens (tertiary/aromatic N) is 2. The van der Waals surface area contributed by atoms with Gasteiger partial charge in [0, 0.05) is 12.1 Å². The number of carbonyl (C=O) groups is 1. The summed E-state index contributed by atoms with van der Waals surface area (Å²) < 4.78 is 42.2. The maximum absolute atomic E-state index is 13.8. The van der Waals surface area contributed by atoms with Gasteiger partial charge in [-0.15, -0.1) is 0 Å². The largest absolute Gasteiger partial charge is 0.410 e. The van der Waals surface area contributed by atoms with Crippen LogP contribution in [0.3, 0.4) is 0 Å². The number of hydrogen-bond acceptors (Lipinski definition) is 4. The predicted octanol–water partition coefficient (Wildman–Crippen LogP) is 4.85. The first kappa shape index (κ1) is 20.9. The highest BCUT2D eigenvalue weighted by molar-refractivity contribution is 6.07. The summed E-state index contributed by atoms with van der Waals surface area (Å²) in [6, 6.07) is 13.0. The molecule has 3 aromatic rings. The number of carbonyl (C=O) groups excluding carboxylic acids is 1. The first-order chi connectivity index (χ1) is 14.7. The van der Waals surface area contributed by atoms with Crippen LogP contribution >= 0.6 is 0 Å². The maximum atomic E-state index is 13.8. The Kier molecular flexibility index (Phi) is 5.45. The van der Waals surface area contributed by atoms with Crippen LogP contribution in [0.15, 0.2) is 60.8 Å². The van der Waals surface area contributed by atoms with Crippen LogP contribution in [0.2, 0.25) is 0 Å². The predicted molar refractivity (Wildman–Crippen MR) is 110 cm³/mol. The summed E-state index contributed by atoms with van der Waals surface area (Å²) in [6.45, 7) is 1.60. The number of anilines is 2. The summed E-state index contributed by atoms with van der Waals surface area (Å²) in [5.41, 5.74) is 1.73. The minimum Gasteiger partial charge on any atom is -0.389 e. The van der Waals surface area contributed by atoms with Crippen molar-refractivity contribution >= 4 is 17.4 Å². The quantitative estimate of drug-likeness (QED) is 0.553. The summed E-state index contributed by atoms with van der Waals surface area (Å²) in [5.74, 6) is -0.572. The number of benzene rings is 2. The standard InChI is InChI=1S/C22H21F3N4O2/c1-13(30)15-8-5-9-16(10-15)27-21(31)17-12-26-29-19(22(23,24)25)11-18(28-20(17)29)14-6-3-2-4-7-14/h2-10,12-13,18-19,28,30H,11H2,1H3,(H,27,31)/t13-,18-,19-/m0/s1. The number of halogens is 3. The third-order valence-electron chi connectivity index (χ3n) is 5.31. The molecule has 3 N–H and O–H groups in total. The summed E-state index contributed by atoms with van der Waals surface area (Å²) in [5, 5.41) is 19.3. The molecule has 1 aliphatic rings. The molecule has 9 heteroatoms. The van der Waals surface area contributed by atoms with E-state index in [0.29, 0.717) is 16.8 Å². The average molecular weight is 430 g/mol. The van der Waals surface area contributed by atoms with E-state index < -0.39 is 30.3 Å². The molecule has 2 heterocycles. The molecule has 0 radical (unpaired) electrons. The fourth-order valence-corrected chi connectivity index (χ4v) is 3.71. The van der Waals surface area contributed by atoms with Crippen LogP contribution in [0.4, 0.5) is 24.7 Å². The Labute approximate surface area is 176 Å². The maximum Gasteiger partial charge on any atom is 0.410 e. The summed E-state index contributed by atoms with van der Waals surface area (Å²) in [7, 11) is 0. The van der Waals surface area contributed by atoms with Gasteiger partial charge in [0.25, 0.3) is 5.91 Å². The normalized spacial score (nSPS) is 19.3. The number of rotatable bonds is 4. The Morgan fingerprint density at radius 3 is 2.65 bits per heavy atom. The van der Waals surface area contributed by atoms with Crippen molar-refractivity contribution in [3.8, 4) is 0 Å². The Hall–Kier alpha value is -3.33.